The van der Waals surface area contributed by atoms with Crippen LogP contribution in [0.25, 0.3) is 0 Å². The molecule has 2 heteroatoms. The number of likely N-dealkylation sites (tertiary alicyclic amines) is 1. The van der Waals surface area contributed by atoms with Crippen LogP contribution in [0, 0.1) is 17.3 Å². The van der Waals surface area contributed by atoms with Crippen molar-refractivity contribution >= 4 is 0 Å². The molecule has 114 valence electrons. The van der Waals surface area contributed by atoms with Crippen molar-refractivity contribution in [3.63, 3.8) is 0 Å². The van der Waals surface area contributed by atoms with Gasteiger partial charge in [-0.25, -0.2) is 0 Å². The summed E-state index contributed by atoms with van der Waals surface area (Å²) in [5.41, 5.74) is 0.454. The van der Waals surface area contributed by atoms with E-state index in [0.717, 1.165) is 18.4 Å². The Kier molecular flexibility index (Phi) is 7.38. The molecule has 0 aromatic carbocycles. The number of nitrogens with one attached hydrogen (secondary N) is 1. The predicted octanol–water partition coefficient (Wildman–Crippen LogP) is 3.77. The summed E-state index contributed by atoms with van der Waals surface area (Å²) in [5, 5.41) is 3.56. The summed E-state index contributed by atoms with van der Waals surface area (Å²) >= 11 is 0. The molecular formula is C17H36N2. The molecule has 0 amide bonds. The van der Waals surface area contributed by atoms with Crippen molar-refractivity contribution in [3.05, 3.63) is 0 Å². The van der Waals surface area contributed by atoms with Crippen LogP contribution in [0.5, 0.6) is 0 Å². The summed E-state index contributed by atoms with van der Waals surface area (Å²) in [6.45, 7) is 17.9. The molecule has 1 aliphatic heterocycles. The lowest BCUT2D eigenvalue weighted by Gasteiger charge is -2.40. The Hall–Kier alpha value is -0.0800. The van der Waals surface area contributed by atoms with Crippen molar-refractivity contribution in [2.75, 3.05) is 32.7 Å². The maximum Gasteiger partial charge on any atom is 0.00475 e. The lowest BCUT2D eigenvalue weighted by Crippen LogP contribution is -2.45. The molecule has 1 atom stereocenters. The zero-order valence-electron chi connectivity index (χ0n) is 14.0. The summed E-state index contributed by atoms with van der Waals surface area (Å²) in [6, 6.07) is 0. The highest BCUT2D eigenvalue weighted by molar-refractivity contribution is 4.83. The van der Waals surface area contributed by atoms with Gasteiger partial charge in [0.15, 0.2) is 0 Å². The van der Waals surface area contributed by atoms with Gasteiger partial charge in [-0.2, -0.15) is 0 Å². The lowest BCUT2D eigenvalue weighted by molar-refractivity contribution is 0.0994. The third-order valence-corrected chi connectivity index (χ3v) is 4.84. The van der Waals surface area contributed by atoms with E-state index in [0.29, 0.717) is 5.41 Å². The summed E-state index contributed by atoms with van der Waals surface area (Å²) in [5.74, 6) is 1.83. The molecule has 1 aliphatic rings. The quantitative estimate of drug-likeness (QED) is 0.721. The molecule has 0 radical (unpaired) electrons. The number of nitrogens with zero attached hydrogens (tertiary/aromatic N) is 1. The van der Waals surface area contributed by atoms with Crippen LogP contribution in [0.1, 0.15) is 60.3 Å². The Morgan fingerprint density at radius 1 is 1.21 bits per heavy atom. The van der Waals surface area contributed by atoms with E-state index >= 15 is 0 Å². The second-order valence-corrected chi connectivity index (χ2v) is 7.20. The normalized spacial score (nSPS) is 21.8. The lowest BCUT2D eigenvalue weighted by atomic mass is 9.82. The van der Waals surface area contributed by atoms with Gasteiger partial charge < -0.3 is 10.2 Å². The van der Waals surface area contributed by atoms with E-state index in [-0.39, 0.29) is 0 Å². The molecule has 19 heavy (non-hydrogen) atoms. The molecule has 1 N–H and O–H groups in total. The average molecular weight is 268 g/mol. The highest BCUT2D eigenvalue weighted by Crippen LogP contribution is 2.29. The van der Waals surface area contributed by atoms with Crippen LogP contribution in [-0.4, -0.2) is 37.6 Å². The molecule has 1 unspecified atom stereocenters. The summed E-state index contributed by atoms with van der Waals surface area (Å²) in [6.07, 6.45) is 5.44. The Labute approximate surface area is 121 Å². The highest BCUT2D eigenvalue weighted by atomic mass is 15.1. The zero-order valence-corrected chi connectivity index (χ0v) is 14.0. The Balaban J connectivity index is 2.42. The molecule has 0 bridgehead atoms. The minimum atomic E-state index is 0.454. The van der Waals surface area contributed by atoms with Crippen molar-refractivity contribution in [1.29, 1.82) is 0 Å². The fourth-order valence-corrected chi connectivity index (χ4v) is 3.57. The van der Waals surface area contributed by atoms with Crippen molar-refractivity contribution in [3.8, 4) is 0 Å². The fraction of sp³-hybridized carbons (Fsp3) is 1.00. The first kappa shape index (κ1) is 17.0. The molecule has 0 saturated carbocycles. The van der Waals surface area contributed by atoms with Crippen LogP contribution in [0.15, 0.2) is 0 Å². The SMILES string of the molecule is CCCC(C)(CNCC)CN1CCC(C(C)C)CC1. The molecule has 0 spiro atoms. The first-order chi connectivity index (χ1) is 9.00. The molecule has 0 aliphatic carbocycles. The van der Waals surface area contributed by atoms with Gasteiger partial charge in [0.1, 0.15) is 0 Å². The molecule has 1 heterocycles. The molecule has 1 fully saturated rings. The van der Waals surface area contributed by atoms with Crippen molar-refractivity contribution < 1.29 is 0 Å². The van der Waals surface area contributed by atoms with Crippen molar-refractivity contribution in [1.82, 2.24) is 10.2 Å². The van der Waals surface area contributed by atoms with Crippen LogP contribution in [0.4, 0.5) is 0 Å². The van der Waals surface area contributed by atoms with E-state index in [9.17, 15) is 0 Å². The summed E-state index contributed by atoms with van der Waals surface area (Å²) in [7, 11) is 0. The predicted molar refractivity (Wildman–Crippen MR) is 85.6 cm³/mol. The van der Waals surface area contributed by atoms with Gasteiger partial charge in [-0.15, -0.1) is 0 Å². The Bertz CT molecular complexity index is 231. The second-order valence-electron chi connectivity index (χ2n) is 7.20. The van der Waals surface area contributed by atoms with Crippen LogP contribution in [0.3, 0.4) is 0 Å². The number of piperidine rings is 1. The summed E-state index contributed by atoms with van der Waals surface area (Å²) in [4.78, 5) is 2.71. The Morgan fingerprint density at radius 2 is 1.84 bits per heavy atom. The van der Waals surface area contributed by atoms with Crippen molar-refractivity contribution in [2.45, 2.75) is 60.3 Å². The van der Waals surface area contributed by atoms with E-state index in [1.54, 1.807) is 0 Å². The standard InChI is InChI=1S/C17H36N2/c1-6-10-17(5,13-18-7-2)14-19-11-8-16(9-12-19)15(3)4/h15-16,18H,6-14H2,1-5H3. The van der Waals surface area contributed by atoms with Crippen LogP contribution >= 0.6 is 0 Å². The number of rotatable bonds is 8. The molecule has 0 aromatic rings. The number of hydrogen-bond acceptors (Lipinski definition) is 2. The smallest absolute Gasteiger partial charge is 0.00475 e. The molecule has 1 rings (SSSR count). The van der Waals surface area contributed by atoms with E-state index in [2.05, 4.69) is 44.8 Å². The van der Waals surface area contributed by atoms with E-state index < -0.39 is 0 Å². The summed E-state index contributed by atoms with van der Waals surface area (Å²) < 4.78 is 0. The van der Waals surface area contributed by atoms with Crippen LogP contribution in [0.2, 0.25) is 0 Å². The monoisotopic (exact) mass is 268 g/mol. The van der Waals surface area contributed by atoms with Gasteiger partial charge in [0.05, 0.1) is 0 Å². The first-order valence-electron chi connectivity index (χ1n) is 8.44. The van der Waals surface area contributed by atoms with E-state index in [4.69, 9.17) is 0 Å². The molecule has 1 saturated heterocycles. The largest absolute Gasteiger partial charge is 0.316 e. The van der Waals surface area contributed by atoms with E-state index in [1.165, 1.54) is 51.9 Å². The second kappa shape index (κ2) is 8.26. The van der Waals surface area contributed by atoms with E-state index in [1.807, 2.05) is 0 Å². The van der Waals surface area contributed by atoms with Gasteiger partial charge in [0, 0.05) is 13.1 Å². The molecule has 0 aromatic heterocycles. The van der Waals surface area contributed by atoms with Gasteiger partial charge in [-0.1, -0.05) is 41.0 Å². The van der Waals surface area contributed by atoms with Gasteiger partial charge in [-0.05, 0) is 56.1 Å². The highest BCUT2D eigenvalue weighted by Gasteiger charge is 2.29. The van der Waals surface area contributed by atoms with Crippen LogP contribution < -0.4 is 5.32 Å². The third kappa shape index (κ3) is 5.83. The van der Waals surface area contributed by atoms with Crippen molar-refractivity contribution in [2.24, 2.45) is 17.3 Å². The van der Waals surface area contributed by atoms with Gasteiger partial charge in [-0.3, -0.25) is 0 Å². The van der Waals surface area contributed by atoms with Gasteiger partial charge in [0.2, 0.25) is 0 Å². The maximum absolute atomic E-state index is 3.56. The Morgan fingerprint density at radius 3 is 2.32 bits per heavy atom. The first-order valence-corrected chi connectivity index (χ1v) is 8.44. The maximum atomic E-state index is 3.56. The zero-order chi connectivity index (χ0) is 14.3. The average Bonchev–Trinajstić information content (AvgIpc) is 2.37. The van der Waals surface area contributed by atoms with Gasteiger partial charge >= 0.3 is 0 Å². The fourth-order valence-electron chi connectivity index (χ4n) is 3.57. The molecular weight excluding hydrogens is 232 g/mol. The topological polar surface area (TPSA) is 15.3 Å². The molecule has 2 nitrogen and oxygen atoms in total. The minimum Gasteiger partial charge on any atom is -0.316 e. The third-order valence-electron chi connectivity index (χ3n) is 4.84. The minimum absolute atomic E-state index is 0.454. The van der Waals surface area contributed by atoms with Gasteiger partial charge in [0.25, 0.3) is 0 Å². The number of hydrogen-bond donors (Lipinski definition) is 1. The van der Waals surface area contributed by atoms with Crippen LogP contribution in [-0.2, 0) is 0 Å².